The summed E-state index contributed by atoms with van der Waals surface area (Å²) in [7, 11) is 1.78. The number of hydrogen-bond donors (Lipinski definition) is 3. The normalized spacial score (nSPS) is 14.8. The molecule has 1 aliphatic carbocycles. The van der Waals surface area contributed by atoms with Gasteiger partial charge in [0.15, 0.2) is 5.96 Å². The van der Waals surface area contributed by atoms with Crippen LogP contribution in [0.1, 0.15) is 57.6 Å². The molecule has 1 amide bonds. The lowest BCUT2D eigenvalue weighted by Gasteiger charge is -2.27. The number of nitrogens with zero attached hydrogens (tertiary/aromatic N) is 1. The summed E-state index contributed by atoms with van der Waals surface area (Å²) in [6.07, 6.45) is 4.71. The molecule has 0 atom stereocenters. The maximum atomic E-state index is 11.7. The molecule has 3 N–H and O–H groups in total. The lowest BCUT2D eigenvalue weighted by atomic mass is 9.84. The van der Waals surface area contributed by atoms with Crippen LogP contribution in [0.4, 0.5) is 0 Å². The molecule has 0 bridgehead atoms. The van der Waals surface area contributed by atoms with Crippen LogP contribution in [0.2, 0.25) is 0 Å². The fourth-order valence-electron chi connectivity index (χ4n) is 2.80. The van der Waals surface area contributed by atoms with Crippen molar-refractivity contribution < 1.29 is 4.79 Å². The quantitative estimate of drug-likeness (QED) is 0.361. The molecule has 0 aromatic heterocycles. The van der Waals surface area contributed by atoms with Crippen molar-refractivity contribution in [3.63, 3.8) is 0 Å². The van der Waals surface area contributed by atoms with Gasteiger partial charge in [-0.3, -0.25) is 9.79 Å². The average Bonchev–Trinajstić information content (AvgIpc) is 3.45. The summed E-state index contributed by atoms with van der Waals surface area (Å²) >= 11 is 0. The Morgan fingerprint density at radius 3 is 2.46 bits per heavy atom. The Kier molecular flexibility index (Phi) is 7.49. The molecule has 5 nitrogen and oxygen atoms in total. The van der Waals surface area contributed by atoms with Crippen LogP contribution in [0.5, 0.6) is 0 Å². The van der Waals surface area contributed by atoms with E-state index in [0.29, 0.717) is 12.5 Å². The molecule has 1 aromatic carbocycles. The zero-order valence-electron chi connectivity index (χ0n) is 16.7. The minimum atomic E-state index is 0.00798. The number of amides is 1. The van der Waals surface area contributed by atoms with Crippen molar-refractivity contribution in [2.24, 2.45) is 4.99 Å². The Bertz CT molecular complexity index is 603. The molecule has 1 saturated carbocycles. The van der Waals surface area contributed by atoms with Crippen molar-refractivity contribution in [1.82, 2.24) is 16.0 Å². The molecule has 5 heteroatoms. The van der Waals surface area contributed by atoms with E-state index >= 15 is 0 Å². The van der Waals surface area contributed by atoms with E-state index in [9.17, 15) is 4.79 Å². The van der Waals surface area contributed by atoms with Gasteiger partial charge in [-0.05, 0) is 36.8 Å². The Balaban J connectivity index is 1.71. The zero-order chi connectivity index (χ0) is 19.0. The maximum Gasteiger partial charge on any atom is 0.220 e. The average molecular weight is 359 g/mol. The first-order valence-corrected chi connectivity index (χ1v) is 9.78. The van der Waals surface area contributed by atoms with Gasteiger partial charge in [0, 0.05) is 38.0 Å². The number of hydrogen-bond acceptors (Lipinski definition) is 2. The highest BCUT2D eigenvalue weighted by atomic mass is 16.1. The van der Waals surface area contributed by atoms with Crippen LogP contribution in [0, 0.1) is 0 Å². The smallest absolute Gasteiger partial charge is 0.220 e. The van der Waals surface area contributed by atoms with Crippen LogP contribution in [-0.2, 0) is 16.6 Å². The first-order valence-electron chi connectivity index (χ1n) is 9.78. The summed E-state index contributed by atoms with van der Waals surface area (Å²) in [6, 6.07) is 9.29. The first kappa shape index (κ1) is 20.3. The predicted octanol–water partition coefficient (Wildman–Crippen LogP) is 2.75. The SMILES string of the molecule is CCc1ccc(C(C)(C)CNC(=NC)NCCCC(=O)NC2CC2)cc1. The Hall–Kier alpha value is -2.04. The highest BCUT2D eigenvalue weighted by Crippen LogP contribution is 2.22. The molecule has 0 aliphatic heterocycles. The van der Waals surface area contributed by atoms with E-state index in [-0.39, 0.29) is 11.3 Å². The molecule has 2 rings (SSSR count). The van der Waals surface area contributed by atoms with Gasteiger partial charge >= 0.3 is 0 Å². The van der Waals surface area contributed by atoms with Crippen molar-refractivity contribution in [3.8, 4) is 0 Å². The minimum absolute atomic E-state index is 0.00798. The molecule has 1 aliphatic rings. The second kappa shape index (κ2) is 9.60. The van der Waals surface area contributed by atoms with Gasteiger partial charge in [0.05, 0.1) is 0 Å². The number of aryl methyl sites for hydroxylation is 1. The molecule has 0 heterocycles. The number of carbonyl (C=O) groups excluding carboxylic acids is 1. The number of rotatable bonds is 9. The topological polar surface area (TPSA) is 65.5 Å². The third-order valence-corrected chi connectivity index (χ3v) is 4.88. The van der Waals surface area contributed by atoms with Crippen LogP contribution in [0.15, 0.2) is 29.3 Å². The second-order valence-electron chi connectivity index (χ2n) is 7.73. The van der Waals surface area contributed by atoms with Crippen molar-refractivity contribution >= 4 is 11.9 Å². The molecule has 1 fully saturated rings. The van der Waals surface area contributed by atoms with E-state index in [2.05, 4.69) is 66.0 Å². The zero-order valence-corrected chi connectivity index (χ0v) is 16.7. The molecule has 144 valence electrons. The van der Waals surface area contributed by atoms with E-state index in [1.54, 1.807) is 7.05 Å². The molecule has 0 unspecified atom stereocenters. The minimum Gasteiger partial charge on any atom is -0.356 e. The first-order chi connectivity index (χ1) is 12.4. The van der Waals surface area contributed by atoms with E-state index in [1.807, 2.05) is 0 Å². The fourth-order valence-corrected chi connectivity index (χ4v) is 2.80. The van der Waals surface area contributed by atoms with E-state index < -0.39 is 0 Å². The van der Waals surface area contributed by atoms with Crippen LogP contribution in [-0.4, -0.2) is 38.0 Å². The van der Waals surface area contributed by atoms with Gasteiger partial charge in [-0.25, -0.2) is 0 Å². The molecule has 0 spiro atoms. The lowest BCUT2D eigenvalue weighted by molar-refractivity contribution is -0.121. The number of benzene rings is 1. The van der Waals surface area contributed by atoms with Crippen LogP contribution in [0.3, 0.4) is 0 Å². The highest BCUT2D eigenvalue weighted by Gasteiger charge is 2.23. The van der Waals surface area contributed by atoms with Gasteiger partial charge in [-0.15, -0.1) is 0 Å². The molecule has 0 radical (unpaired) electrons. The van der Waals surface area contributed by atoms with E-state index in [1.165, 1.54) is 11.1 Å². The number of aliphatic imine (C=N–C) groups is 1. The van der Waals surface area contributed by atoms with Crippen molar-refractivity contribution in [3.05, 3.63) is 35.4 Å². The second-order valence-corrected chi connectivity index (χ2v) is 7.73. The Morgan fingerprint density at radius 2 is 1.88 bits per heavy atom. The molecular formula is C21H34N4O. The largest absolute Gasteiger partial charge is 0.356 e. The molecule has 26 heavy (non-hydrogen) atoms. The predicted molar refractivity (Wildman–Crippen MR) is 109 cm³/mol. The third kappa shape index (κ3) is 6.70. The maximum absolute atomic E-state index is 11.7. The Morgan fingerprint density at radius 1 is 1.19 bits per heavy atom. The summed E-state index contributed by atoms with van der Waals surface area (Å²) in [6.45, 7) is 8.17. The monoisotopic (exact) mass is 358 g/mol. The number of carbonyl (C=O) groups is 1. The van der Waals surface area contributed by atoms with Crippen molar-refractivity contribution in [2.45, 2.75) is 64.3 Å². The third-order valence-electron chi connectivity index (χ3n) is 4.88. The standard InChI is InChI=1S/C21H34N4O/c1-5-16-8-10-17(11-9-16)21(2,3)15-24-20(22-4)23-14-6-7-19(26)25-18-12-13-18/h8-11,18H,5-7,12-15H2,1-4H3,(H,25,26)(H2,22,23,24). The van der Waals surface area contributed by atoms with Gasteiger partial charge in [0.2, 0.25) is 5.91 Å². The number of nitrogens with one attached hydrogen (secondary N) is 3. The summed E-state index contributed by atoms with van der Waals surface area (Å²) in [4.78, 5) is 16.0. The molecule has 0 saturated heterocycles. The van der Waals surface area contributed by atoms with Crippen LogP contribution < -0.4 is 16.0 Å². The Labute approximate surface area is 158 Å². The lowest BCUT2D eigenvalue weighted by Crippen LogP contribution is -2.43. The van der Waals surface area contributed by atoms with Crippen molar-refractivity contribution in [1.29, 1.82) is 0 Å². The summed E-state index contributed by atoms with van der Waals surface area (Å²) in [5.41, 5.74) is 2.68. The van der Waals surface area contributed by atoms with Crippen LogP contribution in [0.25, 0.3) is 0 Å². The number of guanidine groups is 1. The molecular weight excluding hydrogens is 324 g/mol. The van der Waals surface area contributed by atoms with Crippen molar-refractivity contribution in [2.75, 3.05) is 20.1 Å². The summed E-state index contributed by atoms with van der Waals surface area (Å²) in [5, 5.41) is 9.72. The van der Waals surface area contributed by atoms with Gasteiger partial charge in [0.1, 0.15) is 0 Å². The van der Waals surface area contributed by atoms with Crippen LogP contribution >= 0.6 is 0 Å². The summed E-state index contributed by atoms with van der Waals surface area (Å²) in [5.74, 6) is 0.944. The van der Waals surface area contributed by atoms with E-state index in [0.717, 1.165) is 44.7 Å². The van der Waals surface area contributed by atoms with Gasteiger partial charge in [-0.2, -0.15) is 0 Å². The summed E-state index contributed by atoms with van der Waals surface area (Å²) < 4.78 is 0. The van der Waals surface area contributed by atoms with Gasteiger partial charge in [0.25, 0.3) is 0 Å². The van der Waals surface area contributed by atoms with Gasteiger partial charge in [-0.1, -0.05) is 45.0 Å². The van der Waals surface area contributed by atoms with E-state index in [4.69, 9.17) is 0 Å². The molecule has 1 aromatic rings. The van der Waals surface area contributed by atoms with Gasteiger partial charge < -0.3 is 16.0 Å². The fraction of sp³-hybridized carbons (Fsp3) is 0.619. The highest BCUT2D eigenvalue weighted by molar-refractivity contribution is 5.80.